The van der Waals surface area contributed by atoms with Gasteiger partial charge in [-0.2, -0.15) is 13.2 Å². The third-order valence-electron chi connectivity index (χ3n) is 4.04. The fourth-order valence-electron chi connectivity index (χ4n) is 3.01. The minimum absolute atomic E-state index is 0.00553. The summed E-state index contributed by atoms with van der Waals surface area (Å²) in [6.45, 7) is 2.11. The molecule has 20 heavy (non-hydrogen) atoms. The second-order valence-corrected chi connectivity index (χ2v) is 6.60. The van der Waals surface area contributed by atoms with Gasteiger partial charge in [-0.25, -0.2) is 0 Å². The van der Waals surface area contributed by atoms with Crippen LogP contribution < -0.4 is 5.32 Å². The normalized spacial score (nSPS) is 25.6. The van der Waals surface area contributed by atoms with Crippen molar-refractivity contribution in [3.05, 3.63) is 22.4 Å². The zero-order chi connectivity index (χ0) is 14.6. The molecule has 1 aromatic rings. The van der Waals surface area contributed by atoms with E-state index in [0.29, 0.717) is 12.8 Å². The molecule has 2 rings (SSSR count). The van der Waals surface area contributed by atoms with Gasteiger partial charge in [0.05, 0.1) is 5.92 Å². The minimum Gasteiger partial charge on any atom is -0.306 e. The Kier molecular flexibility index (Phi) is 5.49. The molecule has 114 valence electrons. The zero-order valence-corrected chi connectivity index (χ0v) is 12.6. The van der Waals surface area contributed by atoms with Gasteiger partial charge in [0.1, 0.15) is 0 Å². The Morgan fingerprint density at radius 3 is 2.80 bits per heavy atom. The molecular weight excluding hydrogens is 283 g/mol. The lowest BCUT2D eigenvalue weighted by atomic mass is 9.84. The first-order valence-corrected chi connectivity index (χ1v) is 8.24. The van der Waals surface area contributed by atoms with Crippen LogP contribution in [-0.4, -0.2) is 12.2 Å². The van der Waals surface area contributed by atoms with Crippen LogP contribution in [0.4, 0.5) is 13.2 Å². The van der Waals surface area contributed by atoms with E-state index < -0.39 is 12.1 Å². The molecule has 1 aromatic heterocycles. The molecule has 1 nitrogen and oxygen atoms in total. The van der Waals surface area contributed by atoms with Crippen LogP contribution in [0, 0.1) is 5.92 Å². The first-order valence-electron chi connectivity index (χ1n) is 7.37. The van der Waals surface area contributed by atoms with Crippen LogP contribution in [0.1, 0.15) is 56.4 Å². The summed E-state index contributed by atoms with van der Waals surface area (Å²) in [4.78, 5) is 1.24. The van der Waals surface area contributed by atoms with Crippen molar-refractivity contribution in [1.29, 1.82) is 0 Å². The van der Waals surface area contributed by atoms with Crippen molar-refractivity contribution in [2.24, 2.45) is 5.92 Å². The van der Waals surface area contributed by atoms with E-state index in [4.69, 9.17) is 0 Å². The number of rotatable bonds is 5. The monoisotopic (exact) mass is 305 g/mol. The predicted octanol–water partition coefficient (Wildman–Crippen LogP) is 5.30. The highest BCUT2D eigenvalue weighted by Gasteiger charge is 2.42. The van der Waals surface area contributed by atoms with Gasteiger partial charge in [-0.05, 0) is 37.1 Å². The fourth-order valence-corrected chi connectivity index (χ4v) is 3.83. The van der Waals surface area contributed by atoms with E-state index in [1.807, 2.05) is 11.4 Å². The first-order chi connectivity index (χ1) is 9.50. The number of thiophene rings is 1. The molecule has 1 aliphatic rings. The minimum atomic E-state index is -4.04. The Morgan fingerprint density at radius 2 is 2.20 bits per heavy atom. The summed E-state index contributed by atoms with van der Waals surface area (Å²) in [6, 6.07) is 4.28. The summed E-state index contributed by atoms with van der Waals surface area (Å²) in [5.41, 5.74) is 0. The molecule has 0 bridgehead atoms. The first kappa shape index (κ1) is 15.8. The number of hydrogen-bond donors (Lipinski definition) is 1. The largest absolute Gasteiger partial charge is 0.391 e. The molecule has 1 heterocycles. The van der Waals surface area contributed by atoms with Crippen molar-refractivity contribution in [2.45, 2.75) is 63.7 Å². The van der Waals surface area contributed by atoms with E-state index in [0.717, 1.165) is 19.3 Å². The van der Waals surface area contributed by atoms with Crippen LogP contribution in [-0.2, 0) is 0 Å². The SMILES string of the molecule is CCCC(NC1CCCC(C(F)(F)F)C1)c1cccs1. The smallest absolute Gasteiger partial charge is 0.306 e. The molecule has 1 N–H and O–H groups in total. The molecule has 1 aliphatic carbocycles. The molecule has 3 unspecified atom stereocenters. The Labute approximate surface area is 122 Å². The molecule has 0 spiro atoms. The average Bonchev–Trinajstić information content (AvgIpc) is 2.91. The Morgan fingerprint density at radius 1 is 1.40 bits per heavy atom. The highest BCUT2D eigenvalue weighted by atomic mass is 32.1. The second kappa shape index (κ2) is 6.94. The van der Waals surface area contributed by atoms with Crippen molar-refractivity contribution in [3.63, 3.8) is 0 Å². The molecule has 0 radical (unpaired) electrons. The quantitative estimate of drug-likeness (QED) is 0.778. The number of alkyl halides is 3. The van der Waals surface area contributed by atoms with E-state index in [1.165, 1.54) is 4.88 Å². The van der Waals surface area contributed by atoms with Crippen LogP contribution in [0.5, 0.6) is 0 Å². The summed E-state index contributed by atoms with van der Waals surface area (Å²) in [5.74, 6) is -1.13. The molecule has 0 aromatic carbocycles. The van der Waals surface area contributed by atoms with Crippen molar-refractivity contribution in [1.82, 2.24) is 5.32 Å². The van der Waals surface area contributed by atoms with E-state index in [2.05, 4.69) is 18.3 Å². The van der Waals surface area contributed by atoms with Gasteiger partial charge < -0.3 is 5.32 Å². The Hall–Kier alpha value is -0.550. The maximum atomic E-state index is 12.8. The zero-order valence-electron chi connectivity index (χ0n) is 11.7. The molecule has 0 saturated heterocycles. The lowest BCUT2D eigenvalue weighted by Crippen LogP contribution is -2.40. The van der Waals surface area contributed by atoms with Crippen LogP contribution in [0.25, 0.3) is 0 Å². The molecule has 0 amide bonds. The van der Waals surface area contributed by atoms with Gasteiger partial charge >= 0.3 is 6.18 Å². The van der Waals surface area contributed by atoms with Crippen LogP contribution in [0.3, 0.4) is 0 Å². The third-order valence-corrected chi connectivity index (χ3v) is 5.02. The Bertz CT molecular complexity index is 388. The number of nitrogens with one attached hydrogen (secondary N) is 1. The molecule has 1 saturated carbocycles. The van der Waals surface area contributed by atoms with Crippen LogP contribution >= 0.6 is 11.3 Å². The molecule has 0 aliphatic heterocycles. The van der Waals surface area contributed by atoms with Crippen LogP contribution in [0.15, 0.2) is 17.5 Å². The summed E-state index contributed by atoms with van der Waals surface area (Å²) < 4.78 is 38.5. The third kappa shape index (κ3) is 4.22. The van der Waals surface area contributed by atoms with E-state index in [9.17, 15) is 13.2 Å². The van der Waals surface area contributed by atoms with Crippen molar-refractivity contribution < 1.29 is 13.2 Å². The highest BCUT2D eigenvalue weighted by Crippen LogP contribution is 2.38. The number of hydrogen-bond acceptors (Lipinski definition) is 2. The van der Waals surface area contributed by atoms with Gasteiger partial charge in [0.2, 0.25) is 0 Å². The maximum absolute atomic E-state index is 12.8. The standard InChI is InChI=1S/C15H22F3NS/c1-2-5-13(14-8-4-9-20-14)19-12-7-3-6-11(10-12)15(16,17)18/h4,8-9,11-13,19H,2-3,5-7,10H2,1H3. The van der Waals surface area contributed by atoms with Gasteiger partial charge in [0.15, 0.2) is 0 Å². The van der Waals surface area contributed by atoms with Crippen molar-refractivity contribution in [3.8, 4) is 0 Å². The van der Waals surface area contributed by atoms with Crippen LogP contribution in [0.2, 0.25) is 0 Å². The summed E-state index contributed by atoms with van der Waals surface area (Å²) >= 11 is 1.68. The highest BCUT2D eigenvalue weighted by molar-refractivity contribution is 7.10. The van der Waals surface area contributed by atoms with E-state index in [-0.39, 0.29) is 18.5 Å². The molecule has 5 heteroatoms. The van der Waals surface area contributed by atoms with E-state index >= 15 is 0 Å². The van der Waals surface area contributed by atoms with Gasteiger partial charge in [0.25, 0.3) is 0 Å². The lowest BCUT2D eigenvalue weighted by molar-refractivity contribution is -0.183. The van der Waals surface area contributed by atoms with Crippen molar-refractivity contribution in [2.75, 3.05) is 0 Å². The maximum Gasteiger partial charge on any atom is 0.391 e. The van der Waals surface area contributed by atoms with Gasteiger partial charge in [-0.1, -0.05) is 25.8 Å². The van der Waals surface area contributed by atoms with E-state index in [1.54, 1.807) is 11.3 Å². The van der Waals surface area contributed by atoms with Gasteiger partial charge in [0, 0.05) is 17.0 Å². The summed E-state index contributed by atoms with van der Waals surface area (Å²) in [7, 11) is 0. The fraction of sp³-hybridized carbons (Fsp3) is 0.733. The topological polar surface area (TPSA) is 12.0 Å². The summed E-state index contributed by atoms with van der Waals surface area (Å²) in [5, 5.41) is 5.50. The predicted molar refractivity (Wildman–Crippen MR) is 76.9 cm³/mol. The Balaban J connectivity index is 1.96. The van der Waals surface area contributed by atoms with Gasteiger partial charge in [-0.3, -0.25) is 0 Å². The molecule has 1 fully saturated rings. The number of halogens is 3. The molecule has 3 atom stereocenters. The second-order valence-electron chi connectivity index (χ2n) is 5.63. The average molecular weight is 305 g/mol. The summed E-state index contributed by atoms with van der Waals surface area (Å²) in [6.07, 6.45) is 0.0275. The lowest BCUT2D eigenvalue weighted by Gasteiger charge is -2.33. The van der Waals surface area contributed by atoms with Crippen molar-refractivity contribution >= 4 is 11.3 Å². The molecular formula is C15H22F3NS. The van der Waals surface area contributed by atoms with Gasteiger partial charge in [-0.15, -0.1) is 11.3 Å².